The average Bonchev–Trinajstić information content (AvgIpc) is 2.78. The highest BCUT2D eigenvalue weighted by Crippen LogP contribution is 2.35. The lowest BCUT2D eigenvalue weighted by molar-refractivity contribution is -0.145. The van der Waals surface area contributed by atoms with E-state index >= 15 is 0 Å². The Balaban J connectivity index is 2.27. The van der Waals surface area contributed by atoms with E-state index in [0.717, 1.165) is 6.07 Å². The van der Waals surface area contributed by atoms with Crippen LogP contribution in [0.2, 0.25) is 0 Å². The third-order valence-corrected chi connectivity index (χ3v) is 3.65. The number of halogens is 4. The molecule has 9 heteroatoms. The molecule has 5 nitrogen and oxygen atoms in total. The molecule has 1 atom stereocenters. The maximum atomic E-state index is 12.6. The molecule has 1 saturated heterocycles. The van der Waals surface area contributed by atoms with E-state index < -0.39 is 29.5 Å². The normalized spacial score (nSPS) is 19.0. The Labute approximate surface area is 126 Å². The average molecular weight is 367 g/mol. The van der Waals surface area contributed by atoms with Gasteiger partial charge >= 0.3 is 12.1 Å². The molecule has 1 aromatic rings. The minimum Gasteiger partial charge on any atom is -0.469 e. The Kier molecular flexibility index (Phi) is 4.22. The Morgan fingerprint density at radius 3 is 2.71 bits per heavy atom. The van der Waals surface area contributed by atoms with Crippen LogP contribution in [0.15, 0.2) is 16.7 Å². The molecule has 0 saturated carbocycles. The smallest absolute Gasteiger partial charge is 0.417 e. The summed E-state index contributed by atoms with van der Waals surface area (Å²) in [7, 11) is 1.21. The van der Waals surface area contributed by atoms with Gasteiger partial charge in [0.25, 0.3) is 0 Å². The van der Waals surface area contributed by atoms with Crippen LogP contribution in [-0.4, -0.2) is 30.5 Å². The number of rotatable bonds is 2. The van der Waals surface area contributed by atoms with Crippen molar-refractivity contribution in [2.75, 3.05) is 18.6 Å². The van der Waals surface area contributed by atoms with Crippen LogP contribution in [0.1, 0.15) is 12.0 Å². The monoisotopic (exact) mass is 366 g/mol. The number of carbonyl (C=O) groups is 2. The van der Waals surface area contributed by atoms with Gasteiger partial charge in [-0.25, -0.2) is 4.98 Å². The molecule has 0 bridgehead atoms. The maximum Gasteiger partial charge on any atom is 0.417 e. The second kappa shape index (κ2) is 5.63. The molecule has 1 amide bonds. The summed E-state index contributed by atoms with van der Waals surface area (Å²) in [6.07, 6.45) is -3.92. The molecule has 2 heterocycles. The van der Waals surface area contributed by atoms with Gasteiger partial charge in [0, 0.05) is 19.2 Å². The van der Waals surface area contributed by atoms with Crippen LogP contribution < -0.4 is 4.90 Å². The zero-order valence-corrected chi connectivity index (χ0v) is 12.4. The lowest BCUT2D eigenvalue weighted by Crippen LogP contribution is -2.27. The van der Waals surface area contributed by atoms with Gasteiger partial charge in [0.05, 0.1) is 23.1 Å². The predicted octanol–water partition coefficient (Wildman–Crippen LogP) is 2.39. The first-order chi connectivity index (χ1) is 9.74. The number of nitrogens with zero attached hydrogens (tertiary/aromatic N) is 2. The highest BCUT2D eigenvalue weighted by atomic mass is 79.9. The first kappa shape index (κ1) is 15.7. The third kappa shape index (κ3) is 3.17. The lowest BCUT2D eigenvalue weighted by Gasteiger charge is -2.17. The molecule has 0 N–H and O–H groups in total. The first-order valence-corrected chi connectivity index (χ1v) is 6.64. The van der Waals surface area contributed by atoms with E-state index in [1.807, 2.05) is 0 Å². The summed E-state index contributed by atoms with van der Waals surface area (Å²) in [5.74, 6) is -1.51. The van der Waals surface area contributed by atoms with Crippen molar-refractivity contribution in [3.8, 4) is 0 Å². The quantitative estimate of drug-likeness (QED) is 0.754. The molecule has 0 radical (unpaired) electrons. The molecular formula is C12H10BrF3N2O3. The molecule has 0 aromatic carbocycles. The van der Waals surface area contributed by atoms with Crippen molar-refractivity contribution in [1.82, 2.24) is 4.98 Å². The van der Waals surface area contributed by atoms with Crippen molar-refractivity contribution in [1.29, 1.82) is 0 Å². The second-order valence-electron chi connectivity index (χ2n) is 4.46. The number of methoxy groups -OCH3 is 1. The zero-order chi connectivity index (χ0) is 15.8. The Morgan fingerprint density at radius 1 is 1.52 bits per heavy atom. The zero-order valence-electron chi connectivity index (χ0n) is 10.8. The van der Waals surface area contributed by atoms with Crippen LogP contribution in [0.5, 0.6) is 0 Å². The number of alkyl halides is 3. The van der Waals surface area contributed by atoms with Crippen LogP contribution in [0, 0.1) is 5.92 Å². The summed E-state index contributed by atoms with van der Waals surface area (Å²) in [4.78, 5) is 28.2. The molecule has 0 spiro atoms. The van der Waals surface area contributed by atoms with Crippen molar-refractivity contribution in [2.45, 2.75) is 12.6 Å². The number of hydrogen-bond donors (Lipinski definition) is 0. The van der Waals surface area contributed by atoms with Crippen molar-refractivity contribution in [2.24, 2.45) is 5.92 Å². The first-order valence-electron chi connectivity index (χ1n) is 5.85. The largest absolute Gasteiger partial charge is 0.469 e. The molecule has 2 rings (SSSR count). The molecular weight excluding hydrogens is 357 g/mol. The number of anilines is 1. The van der Waals surface area contributed by atoms with Gasteiger partial charge in [0.1, 0.15) is 5.82 Å². The number of ether oxygens (including phenoxy) is 1. The SMILES string of the molecule is COC(=O)C1CC(=O)N(c2ncc(C(F)(F)F)cc2Br)C1. The molecule has 1 aromatic heterocycles. The van der Waals surface area contributed by atoms with E-state index in [2.05, 4.69) is 25.7 Å². The maximum absolute atomic E-state index is 12.6. The van der Waals surface area contributed by atoms with Crippen LogP contribution >= 0.6 is 15.9 Å². The van der Waals surface area contributed by atoms with E-state index in [1.54, 1.807) is 0 Å². The van der Waals surface area contributed by atoms with Crippen molar-refractivity contribution in [3.63, 3.8) is 0 Å². The van der Waals surface area contributed by atoms with Gasteiger partial charge in [-0.2, -0.15) is 13.2 Å². The second-order valence-corrected chi connectivity index (χ2v) is 5.31. The number of hydrogen-bond acceptors (Lipinski definition) is 4. The predicted molar refractivity (Wildman–Crippen MR) is 69.4 cm³/mol. The highest BCUT2D eigenvalue weighted by molar-refractivity contribution is 9.10. The summed E-state index contributed by atoms with van der Waals surface area (Å²) in [5.41, 5.74) is -0.922. The summed E-state index contributed by atoms with van der Waals surface area (Å²) in [6.45, 7) is 0.0302. The van der Waals surface area contributed by atoms with Gasteiger partial charge in [0.15, 0.2) is 0 Å². The molecule has 114 valence electrons. The van der Waals surface area contributed by atoms with Crippen LogP contribution in [0.3, 0.4) is 0 Å². The number of carbonyl (C=O) groups excluding carboxylic acids is 2. The number of pyridine rings is 1. The van der Waals surface area contributed by atoms with Crippen LogP contribution in [-0.2, 0) is 20.5 Å². The van der Waals surface area contributed by atoms with Gasteiger partial charge in [-0.3, -0.25) is 14.5 Å². The summed E-state index contributed by atoms with van der Waals surface area (Å²) in [6, 6.07) is 0.848. The van der Waals surface area contributed by atoms with Crippen LogP contribution in [0.25, 0.3) is 0 Å². The summed E-state index contributed by atoms with van der Waals surface area (Å²) < 4.78 is 42.3. The van der Waals surface area contributed by atoms with E-state index in [-0.39, 0.29) is 23.3 Å². The van der Waals surface area contributed by atoms with Gasteiger partial charge in [-0.05, 0) is 22.0 Å². The fourth-order valence-corrected chi connectivity index (χ4v) is 2.58. The Bertz CT molecular complexity index is 592. The topological polar surface area (TPSA) is 59.5 Å². The third-order valence-electron chi connectivity index (χ3n) is 3.06. The molecule has 1 aliphatic heterocycles. The number of esters is 1. The fraction of sp³-hybridized carbons (Fsp3) is 0.417. The Hall–Kier alpha value is -1.64. The van der Waals surface area contributed by atoms with Crippen molar-refractivity contribution in [3.05, 3.63) is 22.3 Å². The summed E-state index contributed by atoms with van der Waals surface area (Å²) in [5, 5.41) is 0. The van der Waals surface area contributed by atoms with Gasteiger partial charge in [0.2, 0.25) is 5.91 Å². The van der Waals surface area contributed by atoms with Crippen molar-refractivity contribution >= 4 is 33.6 Å². The Morgan fingerprint density at radius 2 is 2.19 bits per heavy atom. The minimum atomic E-state index is -4.52. The van der Waals surface area contributed by atoms with E-state index in [1.165, 1.54) is 12.0 Å². The molecule has 0 aliphatic carbocycles. The van der Waals surface area contributed by atoms with E-state index in [9.17, 15) is 22.8 Å². The molecule has 1 aliphatic rings. The van der Waals surface area contributed by atoms with Crippen LogP contribution in [0.4, 0.5) is 19.0 Å². The fourth-order valence-electron chi connectivity index (χ4n) is 2.02. The van der Waals surface area contributed by atoms with Gasteiger partial charge < -0.3 is 4.74 Å². The minimum absolute atomic E-state index is 0.0302. The highest BCUT2D eigenvalue weighted by Gasteiger charge is 2.38. The molecule has 1 unspecified atom stereocenters. The van der Waals surface area contributed by atoms with Gasteiger partial charge in [-0.15, -0.1) is 0 Å². The number of aromatic nitrogens is 1. The lowest BCUT2D eigenvalue weighted by atomic mass is 10.1. The molecule has 1 fully saturated rings. The number of amides is 1. The van der Waals surface area contributed by atoms with E-state index in [4.69, 9.17) is 0 Å². The van der Waals surface area contributed by atoms with E-state index in [0.29, 0.717) is 6.20 Å². The molecule has 21 heavy (non-hydrogen) atoms. The standard InChI is InChI=1S/C12H10BrF3N2O3/c1-21-11(20)6-2-9(19)18(5-6)10-8(13)3-7(4-17-10)12(14,15)16/h3-4,6H,2,5H2,1H3. The summed E-state index contributed by atoms with van der Waals surface area (Å²) >= 11 is 2.98. The van der Waals surface area contributed by atoms with Gasteiger partial charge in [-0.1, -0.05) is 0 Å². The van der Waals surface area contributed by atoms with Crippen molar-refractivity contribution < 1.29 is 27.5 Å².